The van der Waals surface area contributed by atoms with E-state index in [0.29, 0.717) is 13.0 Å². The van der Waals surface area contributed by atoms with Crippen molar-refractivity contribution in [2.75, 3.05) is 26.2 Å². The molecule has 1 atom stereocenters. The molecular weight excluding hydrogens is 226 g/mol. The second kappa shape index (κ2) is 6.12. The fourth-order valence-corrected chi connectivity index (χ4v) is 2.32. The maximum atomic E-state index is 12.2. The molecule has 0 spiro atoms. The number of nitrogens with zero attached hydrogens (tertiary/aromatic N) is 1. The molecule has 1 aliphatic rings. The Morgan fingerprint density at radius 1 is 1.50 bits per heavy atom. The van der Waals surface area contributed by atoms with Crippen LogP contribution in [-0.4, -0.2) is 43.0 Å². The maximum Gasteiger partial charge on any atom is 0.167 e. The van der Waals surface area contributed by atoms with E-state index in [2.05, 4.69) is 17.9 Å². The lowest BCUT2D eigenvalue weighted by atomic mass is 10.0. The number of carbonyl (C=O) groups excluding carboxylic acids is 1. The summed E-state index contributed by atoms with van der Waals surface area (Å²) in [5, 5.41) is 0. The number of likely N-dealkylation sites (N-methyl/N-ethyl adjacent to an activating group) is 1. The van der Waals surface area contributed by atoms with Gasteiger partial charge >= 0.3 is 0 Å². The molecule has 0 N–H and O–H groups in total. The summed E-state index contributed by atoms with van der Waals surface area (Å²) in [5.41, 5.74) is 2.28. The van der Waals surface area contributed by atoms with Crippen LogP contribution >= 0.6 is 0 Å². The molecule has 0 radical (unpaired) electrons. The number of rotatable bonds is 4. The van der Waals surface area contributed by atoms with Gasteiger partial charge in [-0.2, -0.15) is 0 Å². The fourth-order valence-electron chi connectivity index (χ4n) is 2.32. The molecule has 0 aliphatic carbocycles. The lowest BCUT2D eigenvalue weighted by Gasteiger charge is -2.31. The minimum Gasteiger partial charge on any atom is -0.368 e. The topological polar surface area (TPSA) is 29.5 Å². The van der Waals surface area contributed by atoms with Gasteiger partial charge in [-0.3, -0.25) is 9.69 Å². The third kappa shape index (κ3) is 3.40. The molecule has 0 aromatic heterocycles. The van der Waals surface area contributed by atoms with E-state index in [9.17, 15) is 4.79 Å². The highest BCUT2D eigenvalue weighted by molar-refractivity contribution is 5.85. The van der Waals surface area contributed by atoms with E-state index in [1.165, 1.54) is 5.56 Å². The van der Waals surface area contributed by atoms with Gasteiger partial charge in [-0.25, -0.2) is 0 Å². The Morgan fingerprint density at radius 3 is 3.06 bits per heavy atom. The first-order valence-electron chi connectivity index (χ1n) is 6.61. The van der Waals surface area contributed by atoms with Crippen LogP contribution in [0.2, 0.25) is 0 Å². The third-order valence-corrected chi connectivity index (χ3v) is 3.42. The standard InChI is InChI=1S/C15H21NO2/c1-3-16-7-8-18-15(11-16)14(17)10-13-6-4-5-12(2)9-13/h4-6,9,15H,3,7-8,10-11H2,1-2H3. The zero-order valence-electron chi connectivity index (χ0n) is 11.2. The summed E-state index contributed by atoms with van der Waals surface area (Å²) in [6.45, 7) is 7.48. The van der Waals surface area contributed by atoms with Gasteiger partial charge in [0, 0.05) is 19.5 Å². The Bertz CT molecular complexity index is 417. The van der Waals surface area contributed by atoms with Crippen LogP contribution in [0.1, 0.15) is 18.1 Å². The molecule has 1 aromatic carbocycles. The summed E-state index contributed by atoms with van der Waals surface area (Å²) in [5.74, 6) is 0.193. The number of benzene rings is 1. The highest BCUT2D eigenvalue weighted by Crippen LogP contribution is 2.11. The van der Waals surface area contributed by atoms with Gasteiger partial charge < -0.3 is 4.74 Å². The second-order valence-electron chi connectivity index (χ2n) is 4.88. The van der Waals surface area contributed by atoms with Crippen LogP contribution in [0, 0.1) is 6.92 Å². The Balaban J connectivity index is 1.95. The molecule has 18 heavy (non-hydrogen) atoms. The molecular formula is C15H21NO2. The molecule has 1 unspecified atom stereocenters. The first-order valence-corrected chi connectivity index (χ1v) is 6.61. The Labute approximate surface area is 109 Å². The lowest BCUT2D eigenvalue weighted by Crippen LogP contribution is -2.46. The van der Waals surface area contributed by atoms with Gasteiger partial charge in [0.25, 0.3) is 0 Å². The van der Waals surface area contributed by atoms with Crippen LogP contribution in [0.15, 0.2) is 24.3 Å². The molecule has 0 amide bonds. The van der Waals surface area contributed by atoms with Gasteiger partial charge in [-0.15, -0.1) is 0 Å². The van der Waals surface area contributed by atoms with Crippen LogP contribution in [0.25, 0.3) is 0 Å². The molecule has 1 aliphatic heterocycles. The summed E-state index contributed by atoms with van der Waals surface area (Å²) in [7, 11) is 0. The smallest absolute Gasteiger partial charge is 0.167 e. The van der Waals surface area contributed by atoms with Crippen LogP contribution in [-0.2, 0) is 16.0 Å². The van der Waals surface area contributed by atoms with Crippen LogP contribution in [0.3, 0.4) is 0 Å². The summed E-state index contributed by atoms with van der Waals surface area (Å²) in [6, 6.07) is 8.12. The number of carbonyl (C=O) groups is 1. The molecule has 1 fully saturated rings. The summed E-state index contributed by atoms with van der Waals surface area (Å²) in [4.78, 5) is 14.5. The lowest BCUT2D eigenvalue weighted by molar-refractivity contribution is -0.135. The first kappa shape index (κ1) is 13.2. The van der Waals surface area contributed by atoms with E-state index in [0.717, 1.165) is 25.2 Å². The summed E-state index contributed by atoms with van der Waals surface area (Å²) < 4.78 is 5.58. The highest BCUT2D eigenvalue weighted by atomic mass is 16.5. The van der Waals surface area contributed by atoms with Crippen LogP contribution in [0.4, 0.5) is 0 Å². The van der Waals surface area contributed by atoms with Crippen molar-refractivity contribution in [1.29, 1.82) is 0 Å². The average Bonchev–Trinajstić information content (AvgIpc) is 2.39. The van der Waals surface area contributed by atoms with Gasteiger partial charge in [0.2, 0.25) is 0 Å². The molecule has 0 bridgehead atoms. The van der Waals surface area contributed by atoms with Gasteiger partial charge in [0.05, 0.1) is 6.61 Å². The fraction of sp³-hybridized carbons (Fsp3) is 0.533. The Hall–Kier alpha value is -1.19. The van der Waals surface area contributed by atoms with Crippen molar-refractivity contribution in [3.8, 4) is 0 Å². The minimum atomic E-state index is -0.251. The average molecular weight is 247 g/mol. The SMILES string of the molecule is CCN1CCOC(C(=O)Cc2cccc(C)c2)C1. The van der Waals surface area contributed by atoms with Gasteiger partial charge in [-0.1, -0.05) is 36.8 Å². The predicted molar refractivity (Wildman–Crippen MR) is 71.7 cm³/mol. The molecule has 1 heterocycles. The van der Waals surface area contributed by atoms with Gasteiger partial charge in [0.1, 0.15) is 6.10 Å². The third-order valence-electron chi connectivity index (χ3n) is 3.42. The van der Waals surface area contributed by atoms with Crippen LogP contribution < -0.4 is 0 Å². The molecule has 3 nitrogen and oxygen atoms in total. The van der Waals surface area contributed by atoms with Crippen molar-refractivity contribution in [2.45, 2.75) is 26.4 Å². The quantitative estimate of drug-likeness (QED) is 0.813. The van der Waals surface area contributed by atoms with Crippen molar-refractivity contribution in [3.05, 3.63) is 35.4 Å². The van der Waals surface area contributed by atoms with E-state index in [1.54, 1.807) is 0 Å². The molecule has 0 saturated carbocycles. The van der Waals surface area contributed by atoms with Crippen molar-refractivity contribution in [3.63, 3.8) is 0 Å². The van der Waals surface area contributed by atoms with Crippen molar-refractivity contribution in [1.82, 2.24) is 4.90 Å². The number of ether oxygens (including phenoxy) is 1. The van der Waals surface area contributed by atoms with E-state index < -0.39 is 0 Å². The monoisotopic (exact) mass is 247 g/mol. The van der Waals surface area contributed by atoms with E-state index in [4.69, 9.17) is 4.74 Å². The van der Waals surface area contributed by atoms with Crippen LogP contribution in [0.5, 0.6) is 0 Å². The van der Waals surface area contributed by atoms with E-state index >= 15 is 0 Å². The number of aryl methyl sites for hydroxylation is 1. The Kier molecular flexibility index (Phi) is 4.50. The van der Waals surface area contributed by atoms with Crippen molar-refractivity contribution < 1.29 is 9.53 Å². The summed E-state index contributed by atoms with van der Waals surface area (Å²) >= 11 is 0. The predicted octanol–water partition coefficient (Wildman–Crippen LogP) is 1.83. The summed E-state index contributed by atoms with van der Waals surface area (Å²) in [6.07, 6.45) is 0.225. The normalized spacial score (nSPS) is 20.9. The first-order chi connectivity index (χ1) is 8.69. The molecule has 3 heteroatoms. The number of hydrogen-bond acceptors (Lipinski definition) is 3. The number of morpholine rings is 1. The molecule has 1 saturated heterocycles. The number of hydrogen-bond donors (Lipinski definition) is 0. The molecule has 1 aromatic rings. The van der Waals surface area contributed by atoms with E-state index in [1.807, 2.05) is 25.1 Å². The number of Topliss-reactive ketones (excluding diaryl/α,β-unsaturated/α-hetero) is 1. The molecule has 2 rings (SSSR count). The van der Waals surface area contributed by atoms with E-state index in [-0.39, 0.29) is 11.9 Å². The second-order valence-corrected chi connectivity index (χ2v) is 4.88. The largest absolute Gasteiger partial charge is 0.368 e. The van der Waals surface area contributed by atoms with Crippen molar-refractivity contribution >= 4 is 5.78 Å². The van der Waals surface area contributed by atoms with Crippen molar-refractivity contribution in [2.24, 2.45) is 0 Å². The number of ketones is 1. The minimum absolute atomic E-state index is 0.193. The molecule has 98 valence electrons. The van der Waals surface area contributed by atoms with Gasteiger partial charge in [-0.05, 0) is 19.0 Å². The maximum absolute atomic E-state index is 12.2. The van der Waals surface area contributed by atoms with Gasteiger partial charge in [0.15, 0.2) is 5.78 Å². The highest BCUT2D eigenvalue weighted by Gasteiger charge is 2.25. The zero-order chi connectivity index (χ0) is 13.0. The zero-order valence-corrected chi connectivity index (χ0v) is 11.2. The Morgan fingerprint density at radius 2 is 2.33 bits per heavy atom.